The summed E-state index contributed by atoms with van der Waals surface area (Å²) in [6.07, 6.45) is 0. The number of ketones is 1. The summed E-state index contributed by atoms with van der Waals surface area (Å²) < 4.78 is 5.31. The van der Waals surface area contributed by atoms with Gasteiger partial charge < -0.3 is 20.3 Å². The molecule has 0 unspecified atom stereocenters. The van der Waals surface area contributed by atoms with Crippen molar-refractivity contribution in [2.24, 2.45) is 0 Å². The molecule has 2 aliphatic heterocycles. The van der Waals surface area contributed by atoms with E-state index in [0.29, 0.717) is 60.1 Å². The van der Waals surface area contributed by atoms with Crippen LogP contribution in [0.15, 0.2) is 42.5 Å². The van der Waals surface area contributed by atoms with Gasteiger partial charge in [0.15, 0.2) is 5.78 Å². The number of hydrazine groups is 1. The summed E-state index contributed by atoms with van der Waals surface area (Å²) >= 11 is 0. The van der Waals surface area contributed by atoms with E-state index in [4.69, 9.17) is 4.74 Å². The predicted octanol–water partition coefficient (Wildman–Crippen LogP) is 2.07. The maximum absolute atomic E-state index is 13.6. The van der Waals surface area contributed by atoms with E-state index >= 15 is 0 Å². The van der Waals surface area contributed by atoms with Crippen LogP contribution in [0.25, 0.3) is 22.5 Å². The molecule has 1 aliphatic carbocycles. The number of fused-ring (bicyclic) bond motifs is 3. The summed E-state index contributed by atoms with van der Waals surface area (Å²) in [4.78, 5) is 28.5. The zero-order valence-electron chi connectivity index (χ0n) is 19.3. The maximum atomic E-state index is 13.6. The van der Waals surface area contributed by atoms with Crippen molar-refractivity contribution in [3.05, 3.63) is 53.6 Å². The molecule has 10 heteroatoms. The summed E-state index contributed by atoms with van der Waals surface area (Å²) in [5, 5.41) is 15.6. The van der Waals surface area contributed by atoms with E-state index in [1.54, 1.807) is 11.1 Å². The second-order valence-electron chi connectivity index (χ2n) is 8.83. The largest absolute Gasteiger partial charge is 0.379 e. The van der Waals surface area contributed by atoms with E-state index in [-0.39, 0.29) is 11.8 Å². The molecule has 2 fully saturated rings. The number of H-pyrrole nitrogens is 1. The second-order valence-corrected chi connectivity index (χ2v) is 8.83. The minimum Gasteiger partial charge on any atom is -0.379 e. The van der Waals surface area contributed by atoms with Crippen molar-refractivity contribution < 1.29 is 14.3 Å². The average Bonchev–Trinajstić information content (AvgIpc) is 3.45. The van der Waals surface area contributed by atoms with Crippen LogP contribution in [0.2, 0.25) is 0 Å². The van der Waals surface area contributed by atoms with Crippen LogP contribution in [0.5, 0.6) is 0 Å². The number of hydrogen-bond acceptors (Lipinski definition) is 7. The summed E-state index contributed by atoms with van der Waals surface area (Å²) in [6.45, 7) is 6.27. The van der Waals surface area contributed by atoms with Crippen molar-refractivity contribution in [2.45, 2.75) is 0 Å². The molecule has 0 saturated carbocycles. The average molecular weight is 474 g/mol. The molecule has 0 bridgehead atoms. The third kappa shape index (κ3) is 4.05. The van der Waals surface area contributed by atoms with Crippen molar-refractivity contribution in [3.8, 4) is 22.5 Å². The SMILES string of the molecule is O=C(Nc1cccc2c1C(=O)c1c-2n[nH]c1-c1ccc(N2CCNCC2)cc1)NN1CCOCC1. The lowest BCUT2D eigenvalue weighted by atomic mass is 10.0. The summed E-state index contributed by atoms with van der Waals surface area (Å²) in [6, 6.07) is 13.3. The highest BCUT2D eigenvalue weighted by molar-refractivity contribution is 6.26. The van der Waals surface area contributed by atoms with E-state index in [2.05, 4.69) is 43.3 Å². The lowest BCUT2D eigenvalue weighted by Gasteiger charge is -2.29. The molecule has 180 valence electrons. The van der Waals surface area contributed by atoms with Gasteiger partial charge in [-0.25, -0.2) is 9.80 Å². The molecule has 6 rings (SSSR count). The standard InChI is InChI=1S/C25H27N7O3/c33-24-20-18(2-1-3-19(20)27-25(34)30-32-12-14-35-15-13-32)23-21(24)22(28-29-23)16-4-6-17(7-5-16)31-10-8-26-9-11-31/h1-7,26H,8-15H2,(H,28,29)(H2,27,30,34). The van der Waals surface area contributed by atoms with Crippen LogP contribution in [0.4, 0.5) is 16.2 Å². The molecule has 2 aromatic carbocycles. The number of aromatic nitrogens is 2. The van der Waals surface area contributed by atoms with Crippen LogP contribution >= 0.6 is 0 Å². The monoisotopic (exact) mass is 473 g/mol. The third-order valence-corrected chi connectivity index (χ3v) is 6.70. The molecule has 0 radical (unpaired) electrons. The van der Waals surface area contributed by atoms with Crippen molar-refractivity contribution in [1.82, 2.24) is 25.9 Å². The molecule has 10 nitrogen and oxygen atoms in total. The number of carbonyl (C=O) groups is 2. The molecule has 2 saturated heterocycles. The lowest BCUT2D eigenvalue weighted by molar-refractivity contribution is 0.0207. The fourth-order valence-corrected chi connectivity index (χ4v) is 4.92. The zero-order chi connectivity index (χ0) is 23.8. The van der Waals surface area contributed by atoms with Crippen LogP contribution in [-0.2, 0) is 4.74 Å². The molecule has 4 N–H and O–H groups in total. The van der Waals surface area contributed by atoms with Gasteiger partial charge in [0.05, 0.1) is 35.7 Å². The highest BCUT2D eigenvalue weighted by Crippen LogP contribution is 2.43. The number of hydrogen-bond donors (Lipinski definition) is 4. The van der Waals surface area contributed by atoms with Crippen molar-refractivity contribution in [1.29, 1.82) is 0 Å². The van der Waals surface area contributed by atoms with E-state index < -0.39 is 0 Å². The molecule has 3 heterocycles. The molecular weight excluding hydrogens is 446 g/mol. The molecule has 1 aromatic heterocycles. The zero-order valence-corrected chi connectivity index (χ0v) is 19.3. The van der Waals surface area contributed by atoms with Gasteiger partial charge in [-0.15, -0.1) is 0 Å². The third-order valence-electron chi connectivity index (χ3n) is 6.70. The highest BCUT2D eigenvalue weighted by Gasteiger charge is 2.35. The van der Waals surface area contributed by atoms with Crippen LogP contribution in [0, 0.1) is 0 Å². The minimum atomic E-state index is -0.386. The number of urea groups is 1. The Balaban J connectivity index is 1.24. The van der Waals surface area contributed by atoms with Gasteiger partial charge in [0.2, 0.25) is 0 Å². The fourth-order valence-electron chi connectivity index (χ4n) is 4.92. The first-order chi connectivity index (χ1) is 17.2. The lowest BCUT2D eigenvalue weighted by Crippen LogP contribution is -2.49. The number of ether oxygens (including phenoxy) is 1. The van der Waals surface area contributed by atoms with Gasteiger partial charge >= 0.3 is 6.03 Å². The Morgan fingerprint density at radius 1 is 0.971 bits per heavy atom. The van der Waals surface area contributed by atoms with Gasteiger partial charge in [-0.2, -0.15) is 5.10 Å². The number of aromatic amines is 1. The van der Waals surface area contributed by atoms with Crippen LogP contribution in [0.1, 0.15) is 15.9 Å². The topological polar surface area (TPSA) is 115 Å². The Labute approximate surface area is 202 Å². The van der Waals surface area contributed by atoms with Gasteiger partial charge in [-0.1, -0.05) is 24.3 Å². The molecule has 0 spiro atoms. The maximum Gasteiger partial charge on any atom is 0.333 e. The number of rotatable bonds is 4. The number of amides is 2. The molecule has 35 heavy (non-hydrogen) atoms. The quantitative estimate of drug-likeness (QED) is 0.359. The van der Waals surface area contributed by atoms with Gasteiger partial charge in [-0.05, 0) is 18.2 Å². The first kappa shape index (κ1) is 21.8. The van der Waals surface area contributed by atoms with Crippen molar-refractivity contribution in [2.75, 3.05) is 62.7 Å². The van der Waals surface area contributed by atoms with Crippen molar-refractivity contribution in [3.63, 3.8) is 0 Å². The second kappa shape index (κ2) is 9.14. The fraction of sp³-hybridized carbons (Fsp3) is 0.320. The van der Waals surface area contributed by atoms with E-state index in [1.807, 2.05) is 24.3 Å². The Kier molecular flexibility index (Phi) is 5.69. The molecule has 3 aliphatic rings. The van der Waals surface area contributed by atoms with Gasteiger partial charge in [0, 0.05) is 56.1 Å². The van der Waals surface area contributed by atoms with Gasteiger partial charge in [0.25, 0.3) is 0 Å². The highest BCUT2D eigenvalue weighted by atomic mass is 16.5. The molecule has 3 aromatic rings. The predicted molar refractivity (Wildman–Crippen MR) is 133 cm³/mol. The molecular formula is C25H27N7O3. The number of benzene rings is 2. The number of morpholine rings is 1. The first-order valence-corrected chi connectivity index (χ1v) is 11.9. The summed E-state index contributed by atoms with van der Waals surface area (Å²) in [5.41, 5.74) is 8.39. The van der Waals surface area contributed by atoms with Crippen LogP contribution in [0.3, 0.4) is 0 Å². The number of nitrogens with zero attached hydrogens (tertiary/aromatic N) is 3. The number of carbonyl (C=O) groups excluding carboxylic acids is 2. The smallest absolute Gasteiger partial charge is 0.333 e. The Hall–Kier alpha value is -3.73. The molecule has 2 amide bonds. The van der Waals surface area contributed by atoms with E-state index in [0.717, 1.165) is 31.7 Å². The van der Waals surface area contributed by atoms with E-state index in [9.17, 15) is 9.59 Å². The Morgan fingerprint density at radius 3 is 2.51 bits per heavy atom. The van der Waals surface area contributed by atoms with E-state index in [1.165, 1.54) is 5.69 Å². The summed E-state index contributed by atoms with van der Waals surface area (Å²) in [5.74, 6) is -0.146. The van der Waals surface area contributed by atoms with Crippen molar-refractivity contribution >= 4 is 23.2 Å². The number of nitrogens with one attached hydrogen (secondary N) is 4. The molecule has 0 atom stereocenters. The van der Waals surface area contributed by atoms with Crippen LogP contribution in [-0.4, -0.2) is 79.5 Å². The summed E-state index contributed by atoms with van der Waals surface area (Å²) in [7, 11) is 0. The Morgan fingerprint density at radius 2 is 1.74 bits per heavy atom. The normalized spacial score (nSPS) is 17.7. The number of piperazine rings is 1. The minimum absolute atomic E-state index is 0.146. The van der Waals surface area contributed by atoms with Gasteiger partial charge in [-0.3, -0.25) is 15.3 Å². The number of anilines is 2. The van der Waals surface area contributed by atoms with Gasteiger partial charge in [0.1, 0.15) is 5.69 Å². The Bertz CT molecular complexity index is 1260. The van der Waals surface area contributed by atoms with Crippen LogP contribution < -0.4 is 21.0 Å². The first-order valence-electron chi connectivity index (χ1n) is 11.9.